The lowest BCUT2D eigenvalue weighted by molar-refractivity contribution is 0.191. The highest BCUT2D eigenvalue weighted by Gasteiger charge is 2.33. The van der Waals surface area contributed by atoms with Gasteiger partial charge >= 0.3 is 6.03 Å². The molecule has 0 unspecified atom stereocenters. The van der Waals surface area contributed by atoms with Crippen molar-refractivity contribution in [3.8, 4) is 5.75 Å². The van der Waals surface area contributed by atoms with Crippen molar-refractivity contribution < 1.29 is 9.53 Å². The Hall–Kier alpha value is -2.15. The van der Waals surface area contributed by atoms with Crippen LogP contribution in [0.1, 0.15) is 35.3 Å². The number of nitrogens with one attached hydrogen (secondary N) is 1. The predicted octanol–water partition coefficient (Wildman–Crippen LogP) is 2.98. The zero-order valence-electron chi connectivity index (χ0n) is 14.0. The lowest BCUT2D eigenvalue weighted by Gasteiger charge is -2.23. The minimum Gasteiger partial charge on any atom is -0.496 e. The van der Waals surface area contributed by atoms with Crippen LogP contribution in [0.3, 0.4) is 0 Å². The van der Waals surface area contributed by atoms with Gasteiger partial charge in [-0.25, -0.2) is 4.79 Å². The fourth-order valence-electron chi connectivity index (χ4n) is 2.53. The first kappa shape index (κ1) is 16.7. The Kier molecular flexibility index (Phi) is 5.30. The molecule has 1 aliphatic carbocycles. The number of rotatable bonds is 7. The van der Waals surface area contributed by atoms with Crippen molar-refractivity contribution >= 4 is 17.4 Å². The van der Waals surface area contributed by atoms with Crippen LogP contribution in [0, 0.1) is 0 Å². The molecule has 2 aromatic rings. The summed E-state index contributed by atoms with van der Waals surface area (Å²) in [6.07, 6.45) is 2.98. The lowest BCUT2D eigenvalue weighted by Crippen LogP contribution is -2.40. The van der Waals surface area contributed by atoms with Crippen LogP contribution in [0.5, 0.6) is 5.75 Å². The van der Waals surface area contributed by atoms with Crippen molar-refractivity contribution in [2.75, 3.05) is 7.11 Å². The zero-order valence-corrected chi connectivity index (χ0v) is 14.8. The van der Waals surface area contributed by atoms with Crippen molar-refractivity contribution in [2.45, 2.75) is 45.3 Å². The number of aromatic nitrogens is 2. The Morgan fingerprint density at radius 1 is 1.33 bits per heavy atom. The second-order valence-corrected chi connectivity index (χ2v) is 6.92. The van der Waals surface area contributed by atoms with Crippen LogP contribution in [0.2, 0.25) is 0 Å². The smallest absolute Gasteiger partial charge is 0.318 e. The van der Waals surface area contributed by atoms with E-state index in [4.69, 9.17) is 4.74 Å². The van der Waals surface area contributed by atoms with Gasteiger partial charge in [0.15, 0.2) is 0 Å². The molecular formula is C17H22N4O2S. The van der Waals surface area contributed by atoms with Crippen LogP contribution >= 0.6 is 11.3 Å². The molecule has 1 N–H and O–H groups in total. The maximum Gasteiger partial charge on any atom is 0.318 e. The van der Waals surface area contributed by atoms with Crippen molar-refractivity contribution in [1.82, 2.24) is 20.4 Å². The Labute approximate surface area is 145 Å². The van der Waals surface area contributed by atoms with E-state index in [2.05, 4.69) is 15.5 Å². The van der Waals surface area contributed by atoms with E-state index in [1.54, 1.807) is 18.4 Å². The van der Waals surface area contributed by atoms with Crippen LogP contribution in [0.4, 0.5) is 4.79 Å². The third-order valence-corrected chi connectivity index (χ3v) is 5.05. The van der Waals surface area contributed by atoms with Crippen LogP contribution in [0.15, 0.2) is 24.3 Å². The third kappa shape index (κ3) is 4.03. The van der Waals surface area contributed by atoms with E-state index in [0.29, 0.717) is 19.1 Å². The maximum atomic E-state index is 12.6. The van der Waals surface area contributed by atoms with E-state index in [1.165, 1.54) is 0 Å². The molecule has 6 nitrogen and oxygen atoms in total. The van der Waals surface area contributed by atoms with E-state index in [1.807, 2.05) is 36.1 Å². The van der Waals surface area contributed by atoms with Crippen molar-refractivity contribution in [1.29, 1.82) is 0 Å². The first-order chi connectivity index (χ1) is 11.7. The molecule has 24 heavy (non-hydrogen) atoms. The predicted molar refractivity (Wildman–Crippen MR) is 93.1 cm³/mol. The number of carbonyl (C=O) groups excluding carboxylic acids is 1. The zero-order chi connectivity index (χ0) is 16.9. The molecular weight excluding hydrogens is 324 g/mol. The first-order valence-corrected chi connectivity index (χ1v) is 9.00. The molecule has 3 rings (SSSR count). The van der Waals surface area contributed by atoms with Crippen LogP contribution in [-0.2, 0) is 19.5 Å². The largest absolute Gasteiger partial charge is 0.496 e. The average molecular weight is 346 g/mol. The first-order valence-electron chi connectivity index (χ1n) is 8.19. The second-order valence-electron chi connectivity index (χ2n) is 5.77. The highest BCUT2D eigenvalue weighted by atomic mass is 32.1. The number of benzene rings is 1. The topological polar surface area (TPSA) is 67.4 Å². The molecule has 1 aliphatic rings. The van der Waals surface area contributed by atoms with Gasteiger partial charge in [0.2, 0.25) is 0 Å². The number of para-hydroxylation sites is 1. The van der Waals surface area contributed by atoms with Gasteiger partial charge in [-0.1, -0.05) is 36.5 Å². The lowest BCUT2D eigenvalue weighted by atomic mass is 10.2. The number of carbonyl (C=O) groups is 1. The number of ether oxygens (including phenoxy) is 1. The molecule has 1 saturated carbocycles. The van der Waals surface area contributed by atoms with Gasteiger partial charge in [-0.15, -0.1) is 10.2 Å². The SMILES string of the molecule is CCc1nnc(CNC(=O)N(Cc2ccccc2OC)C2CC2)s1. The molecule has 0 radical (unpaired) electrons. The molecule has 1 aromatic heterocycles. The van der Waals surface area contributed by atoms with Gasteiger partial charge in [-0.05, 0) is 25.3 Å². The summed E-state index contributed by atoms with van der Waals surface area (Å²) >= 11 is 1.55. The maximum absolute atomic E-state index is 12.6. The number of methoxy groups -OCH3 is 1. The second kappa shape index (κ2) is 7.61. The fourth-order valence-corrected chi connectivity index (χ4v) is 3.25. The van der Waals surface area contributed by atoms with E-state index < -0.39 is 0 Å². The van der Waals surface area contributed by atoms with Gasteiger partial charge in [-0.2, -0.15) is 0 Å². The molecule has 0 atom stereocenters. The molecule has 0 bridgehead atoms. The van der Waals surface area contributed by atoms with E-state index in [-0.39, 0.29) is 6.03 Å². The summed E-state index contributed by atoms with van der Waals surface area (Å²) in [5.74, 6) is 0.813. The molecule has 1 heterocycles. The summed E-state index contributed by atoms with van der Waals surface area (Å²) in [5, 5.41) is 13.0. The minimum absolute atomic E-state index is 0.0587. The van der Waals surface area contributed by atoms with Gasteiger partial charge < -0.3 is 15.0 Å². The Balaban J connectivity index is 1.63. The Bertz CT molecular complexity index is 699. The normalized spacial score (nSPS) is 13.6. The number of urea groups is 1. The number of amides is 2. The number of nitrogens with zero attached hydrogens (tertiary/aromatic N) is 3. The van der Waals surface area contributed by atoms with E-state index >= 15 is 0 Å². The van der Waals surface area contributed by atoms with Gasteiger partial charge in [0.05, 0.1) is 20.2 Å². The van der Waals surface area contributed by atoms with Crippen LogP contribution in [-0.4, -0.2) is 34.3 Å². The summed E-state index contributed by atoms with van der Waals surface area (Å²) in [6, 6.07) is 8.08. The fraction of sp³-hybridized carbons (Fsp3) is 0.471. The quantitative estimate of drug-likeness (QED) is 0.837. The summed E-state index contributed by atoms with van der Waals surface area (Å²) in [6.45, 7) is 3.02. The molecule has 0 aliphatic heterocycles. The average Bonchev–Trinajstić information content (AvgIpc) is 3.35. The standard InChI is InChI=1S/C17H22N4O2S/c1-3-15-19-20-16(24-15)10-18-17(22)21(13-8-9-13)11-12-6-4-5-7-14(12)23-2/h4-7,13H,3,8-11H2,1-2H3,(H,18,22). The van der Waals surface area contributed by atoms with Crippen LogP contribution < -0.4 is 10.1 Å². The Morgan fingerprint density at radius 3 is 2.75 bits per heavy atom. The van der Waals surface area contributed by atoms with Crippen molar-refractivity contribution in [3.63, 3.8) is 0 Å². The molecule has 1 fully saturated rings. The number of hydrogen-bond donors (Lipinski definition) is 1. The Morgan fingerprint density at radius 2 is 2.08 bits per heavy atom. The summed E-state index contributed by atoms with van der Waals surface area (Å²) in [4.78, 5) is 14.5. The monoisotopic (exact) mass is 346 g/mol. The molecule has 1 aromatic carbocycles. The summed E-state index contributed by atoms with van der Waals surface area (Å²) < 4.78 is 5.40. The minimum atomic E-state index is -0.0587. The molecule has 0 spiro atoms. The van der Waals surface area contributed by atoms with E-state index in [0.717, 1.165) is 40.6 Å². The van der Waals surface area contributed by atoms with Crippen molar-refractivity contribution in [2.24, 2.45) is 0 Å². The van der Waals surface area contributed by atoms with Crippen molar-refractivity contribution in [3.05, 3.63) is 39.8 Å². The third-order valence-electron chi connectivity index (χ3n) is 3.98. The molecule has 2 amide bonds. The summed E-state index contributed by atoms with van der Waals surface area (Å²) in [7, 11) is 1.65. The van der Waals surface area contributed by atoms with Gasteiger partial charge in [0, 0.05) is 11.6 Å². The van der Waals surface area contributed by atoms with E-state index in [9.17, 15) is 4.79 Å². The highest BCUT2D eigenvalue weighted by Crippen LogP contribution is 2.30. The number of hydrogen-bond acceptors (Lipinski definition) is 5. The summed E-state index contributed by atoms with van der Waals surface area (Å²) in [5.41, 5.74) is 1.02. The van der Waals surface area contributed by atoms with Gasteiger partial charge in [-0.3, -0.25) is 0 Å². The van der Waals surface area contributed by atoms with Crippen LogP contribution in [0.25, 0.3) is 0 Å². The van der Waals surface area contributed by atoms with Gasteiger partial charge in [0.25, 0.3) is 0 Å². The molecule has 128 valence electrons. The molecule has 7 heteroatoms. The van der Waals surface area contributed by atoms with Gasteiger partial charge in [0.1, 0.15) is 15.8 Å². The highest BCUT2D eigenvalue weighted by molar-refractivity contribution is 7.11. The number of aryl methyl sites for hydroxylation is 1. The molecule has 0 saturated heterocycles.